The largest absolute Gasteiger partial charge is 0.477 e. The first-order valence-corrected chi connectivity index (χ1v) is 9.14. The van der Waals surface area contributed by atoms with E-state index >= 15 is 0 Å². The molecule has 0 aliphatic carbocycles. The normalized spacial score (nSPS) is 12.7. The van der Waals surface area contributed by atoms with Gasteiger partial charge in [0.25, 0.3) is 11.8 Å². The molecule has 1 aromatic carbocycles. The first kappa shape index (κ1) is 20.2. The van der Waals surface area contributed by atoms with Gasteiger partial charge < -0.3 is 20.3 Å². The maximum absolute atomic E-state index is 11.8. The average molecular weight is 398 g/mol. The van der Waals surface area contributed by atoms with E-state index in [1.165, 1.54) is 17.9 Å². The van der Waals surface area contributed by atoms with Crippen molar-refractivity contribution in [2.45, 2.75) is 12.8 Å². The number of nitrogens with two attached hydrogens (primary N) is 1. The van der Waals surface area contributed by atoms with E-state index in [-0.39, 0.29) is 17.2 Å². The Hall–Kier alpha value is -3.53. The summed E-state index contributed by atoms with van der Waals surface area (Å²) in [6, 6.07) is 9.67. The highest BCUT2D eigenvalue weighted by Crippen LogP contribution is 2.16. The van der Waals surface area contributed by atoms with Crippen LogP contribution in [0.3, 0.4) is 0 Å². The second-order valence-electron chi connectivity index (χ2n) is 6.40. The standard InChI is InChI=1S/C10H11N3O.C9H11N3O3/c11-7-6-9-12-10(14-13-9)8-4-2-1-3-5-8;1-11-7(9(14)15)6(5-10-11)8(13)12-3-2-4-12/h1-5H,6-7,11H2;5H,2-4H2,1H3,(H,14,15). The van der Waals surface area contributed by atoms with Gasteiger partial charge in [0.15, 0.2) is 11.5 Å². The molecule has 1 aliphatic rings. The van der Waals surface area contributed by atoms with Crippen LogP contribution in [0, 0.1) is 0 Å². The number of carbonyl (C=O) groups is 2. The molecule has 1 amide bonds. The van der Waals surface area contributed by atoms with Crippen molar-refractivity contribution in [3.05, 3.63) is 53.6 Å². The Labute approximate surface area is 166 Å². The van der Waals surface area contributed by atoms with Crippen LogP contribution in [0.4, 0.5) is 0 Å². The van der Waals surface area contributed by atoms with Gasteiger partial charge in [0.1, 0.15) is 0 Å². The van der Waals surface area contributed by atoms with Gasteiger partial charge in [0.2, 0.25) is 0 Å². The van der Waals surface area contributed by atoms with Crippen LogP contribution in [0.15, 0.2) is 41.1 Å². The number of rotatable bonds is 5. The predicted molar refractivity (Wildman–Crippen MR) is 103 cm³/mol. The molecule has 3 aromatic rings. The summed E-state index contributed by atoms with van der Waals surface area (Å²) in [6.45, 7) is 1.94. The minimum Gasteiger partial charge on any atom is -0.477 e. The smallest absolute Gasteiger partial charge is 0.354 e. The highest BCUT2D eigenvalue weighted by Gasteiger charge is 2.28. The van der Waals surface area contributed by atoms with Gasteiger partial charge in [0.05, 0.1) is 11.8 Å². The van der Waals surface area contributed by atoms with Crippen LogP contribution < -0.4 is 5.73 Å². The highest BCUT2D eigenvalue weighted by molar-refractivity contribution is 6.03. The maximum atomic E-state index is 11.8. The van der Waals surface area contributed by atoms with Gasteiger partial charge in [0, 0.05) is 32.1 Å². The number of benzene rings is 1. The molecular weight excluding hydrogens is 376 g/mol. The van der Waals surface area contributed by atoms with Gasteiger partial charge in [-0.3, -0.25) is 9.48 Å². The SMILES string of the molecule is Cn1ncc(C(=O)N2CCC2)c1C(=O)O.NCCc1noc(-c2ccccc2)n1. The molecule has 4 rings (SSSR count). The van der Waals surface area contributed by atoms with Gasteiger partial charge in [-0.05, 0) is 25.1 Å². The van der Waals surface area contributed by atoms with Crippen LogP contribution >= 0.6 is 0 Å². The number of hydrogen-bond acceptors (Lipinski definition) is 7. The molecule has 152 valence electrons. The number of likely N-dealkylation sites (tertiary alicyclic amines) is 1. The van der Waals surface area contributed by atoms with Crippen molar-refractivity contribution in [1.29, 1.82) is 0 Å². The molecular formula is C19H22N6O4. The molecule has 29 heavy (non-hydrogen) atoms. The molecule has 0 radical (unpaired) electrons. The van der Waals surface area contributed by atoms with Crippen molar-refractivity contribution in [1.82, 2.24) is 24.8 Å². The number of amides is 1. The lowest BCUT2D eigenvalue weighted by atomic mass is 10.1. The van der Waals surface area contributed by atoms with Crippen LogP contribution in [0.5, 0.6) is 0 Å². The third-order valence-electron chi connectivity index (χ3n) is 4.37. The number of carbonyl (C=O) groups excluding carboxylic acids is 1. The number of hydrogen-bond donors (Lipinski definition) is 2. The fraction of sp³-hybridized carbons (Fsp3) is 0.316. The highest BCUT2D eigenvalue weighted by atomic mass is 16.5. The zero-order valence-electron chi connectivity index (χ0n) is 16.0. The maximum Gasteiger partial charge on any atom is 0.354 e. The fourth-order valence-corrected chi connectivity index (χ4v) is 2.72. The minimum atomic E-state index is -1.13. The molecule has 0 saturated carbocycles. The van der Waals surface area contributed by atoms with Crippen molar-refractivity contribution in [3.8, 4) is 11.5 Å². The van der Waals surface area contributed by atoms with Crippen molar-refractivity contribution in [2.24, 2.45) is 12.8 Å². The molecule has 0 unspecified atom stereocenters. The monoisotopic (exact) mass is 398 g/mol. The van der Waals surface area contributed by atoms with Gasteiger partial charge in [-0.25, -0.2) is 4.79 Å². The molecule has 2 aromatic heterocycles. The number of carboxylic acid groups (broad SMARTS) is 1. The Balaban J connectivity index is 0.000000166. The second-order valence-corrected chi connectivity index (χ2v) is 6.40. The Kier molecular flexibility index (Phi) is 6.35. The van der Waals surface area contributed by atoms with Crippen LogP contribution in [0.1, 0.15) is 33.1 Å². The third-order valence-corrected chi connectivity index (χ3v) is 4.37. The fourth-order valence-electron chi connectivity index (χ4n) is 2.72. The zero-order valence-corrected chi connectivity index (χ0v) is 16.0. The Morgan fingerprint density at radius 1 is 1.24 bits per heavy atom. The third kappa shape index (κ3) is 4.66. The van der Waals surface area contributed by atoms with Crippen LogP contribution in [-0.2, 0) is 13.5 Å². The van der Waals surface area contributed by atoms with Crippen LogP contribution in [0.2, 0.25) is 0 Å². The topological polar surface area (TPSA) is 140 Å². The number of carboxylic acids is 1. The number of aromatic nitrogens is 4. The molecule has 1 aliphatic heterocycles. The average Bonchev–Trinajstić information content (AvgIpc) is 3.28. The Bertz CT molecular complexity index is 978. The Morgan fingerprint density at radius 2 is 1.97 bits per heavy atom. The molecule has 3 heterocycles. The molecule has 1 fully saturated rings. The summed E-state index contributed by atoms with van der Waals surface area (Å²) >= 11 is 0. The molecule has 1 saturated heterocycles. The van der Waals surface area contributed by atoms with Crippen molar-refractivity contribution in [2.75, 3.05) is 19.6 Å². The number of aromatic carboxylic acids is 1. The van der Waals surface area contributed by atoms with E-state index in [9.17, 15) is 9.59 Å². The molecule has 0 bridgehead atoms. The number of aryl methyl sites for hydroxylation is 1. The lowest BCUT2D eigenvalue weighted by Gasteiger charge is -2.30. The van der Waals surface area contributed by atoms with E-state index in [0.717, 1.165) is 12.0 Å². The summed E-state index contributed by atoms with van der Waals surface area (Å²) in [6.07, 6.45) is 2.94. The Morgan fingerprint density at radius 3 is 2.55 bits per heavy atom. The van der Waals surface area contributed by atoms with E-state index in [1.54, 1.807) is 4.90 Å². The van der Waals surface area contributed by atoms with E-state index < -0.39 is 5.97 Å². The summed E-state index contributed by atoms with van der Waals surface area (Å²) in [5, 5.41) is 16.5. The van der Waals surface area contributed by atoms with E-state index in [2.05, 4.69) is 15.2 Å². The predicted octanol–water partition coefficient (Wildman–Crippen LogP) is 1.20. The molecule has 0 spiro atoms. The zero-order chi connectivity index (χ0) is 20.8. The first-order chi connectivity index (χ1) is 14.0. The first-order valence-electron chi connectivity index (χ1n) is 9.14. The van der Waals surface area contributed by atoms with Crippen LogP contribution in [0.25, 0.3) is 11.5 Å². The number of nitrogens with zero attached hydrogens (tertiary/aromatic N) is 5. The van der Waals surface area contributed by atoms with E-state index in [0.29, 0.717) is 37.8 Å². The molecule has 10 heteroatoms. The molecule has 10 nitrogen and oxygen atoms in total. The van der Waals surface area contributed by atoms with Crippen molar-refractivity contribution >= 4 is 11.9 Å². The van der Waals surface area contributed by atoms with Gasteiger partial charge in [-0.2, -0.15) is 10.1 Å². The second kappa shape index (κ2) is 9.11. The van der Waals surface area contributed by atoms with Gasteiger partial charge in [-0.1, -0.05) is 23.4 Å². The van der Waals surface area contributed by atoms with Crippen molar-refractivity contribution in [3.63, 3.8) is 0 Å². The molecule has 0 atom stereocenters. The summed E-state index contributed by atoms with van der Waals surface area (Å²) in [7, 11) is 1.51. The lowest BCUT2D eigenvalue weighted by molar-refractivity contribution is 0.0621. The van der Waals surface area contributed by atoms with E-state index in [1.807, 2.05) is 30.3 Å². The lowest BCUT2D eigenvalue weighted by Crippen LogP contribution is -2.42. The summed E-state index contributed by atoms with van der Waals surface area (Å²) in [4.78, 5) is 28.5. The summed E-state index contributed by atoms with van der Waals surface area (Å²) < 4.78 is 6.29. The van der Waals surface area contributed by atoms with E-state index in [4.69, 9.17) is 15.4 Å². The summed E-state index contributed by atoms with van der Waals surface area (Å²) in [5.41, 5.74) is 6.44. The molecule has 3 N–H and O–H groups in total. The summed E-state index contributed by atoms with van der Waals surface area (Å²) in [5.74, 6) is -0.161. The van der Waals surface area contributed by atoms with Crippen LogP contribution in [-0.4, -0.2) is 61.4 Å². The quantitative estimate of drug-likeness (QED) is 0.653. The van der Waals surface area contributed by atoms with Gasteiger partial charge in [-0.15, -0.1) is 0 Å². The minimum absolute atomic E-state index is 0.0492. The van der Waals surface area contributed by atoms with Gasteiger partial charge >= 0.3 is 5.97 Å². The van der Waals surface area contributed by atoms with Crippen molar-refractivity contribution < 1.29 is 19.2 Å².